The lowest BCUT2D eigenvalue weighted by atomic mass is 10.1. The van der Waals surface area contributed by atoms with E-state index in [0.29, 0.717) is 0 Å². The molecule has 0 aliphatic carbocycles. The van der Waals surface area contributed by atoms with Crippen LogP contribution in [-0.2, 0) is 0 Å². The summed E-state index contributed by atoms with van der Waals surface area (Å²) in [5.74, 6) is -0.821. The van der Waals surface area contributed by atoms with Crippen molar-refractivity contribution in [2.45, 2.75) is 13.0 Å². The van der Waals surface area contributed by atoms with E-state index in [4.69, 9.17) is 10.2 Å². The number of Topliss-reactive ketones (excluding diaryl/α,β-unsaturated/α-hetero) is 1. The Morgan fingerprint density at radius 2 is 2.25 bits per heavy atom. The van der Waals surface area contributed by atoms with Crippen LogP contribution >= 0.6 is 0 Å². The Bertz CT molecular complexity index is 381. The average molecular weight is 227 g/mol. The monoisotopic (exact) mass is 227 g/mol. The van der Waals surface area contributed by atoms with Crippen LogP contribution < -0.4 is 5.32 Å². The first-order valence-corrected chi connectivity index (χ1v) is 4.88. The minimum absolute atomic E-state index is 0.0162. The molecule has 0 spiro atoms. The van der Waals surface area contributed by atoms with Crippen LogP contribution in [0, 0.1) is 5.82 Å². The fraction of sp³-hybridized carbons (Fsp3) is 0.364. The fourth-order valence-electron chi connectivity index (χ4n) is 1.28. The molecule has 4 nitrogen and oxygen atoms in total. The summed E-state index contributed by atoms with van der Waals surface area (Å²) >= 11 is 0. The Hall–Kier alpha value is -1.46. The van der Waals surface area contributed by atoms with Gasteiger partial charge in [0.15, 0.2) is 5.78 Å². The van der Waals surface area contributed by atoms with Gasteiger partial charge in [-0.1, -0.05) is 6.07 Å². The van der Waals surface area contributed by atoms with Gasteiger partial charge in [-0.2, -0.15) is 0 Å². The number of nitrogens with one attached hydrogen (secondary N) is 1. The topological polar surface area (TPSA) is 69.6 Å². The number of para-hydroxylation sites is 1. The first-order chi connectivity index (χ1) is 7.56. The van der Waals surface area contributed by atoms with Crippen molar-refractivity contribution in [3.63, 3.8) is 0 Å². The molecular formula is C11H14FNO3. The molecule has 0 aromatic heterocycles. The summed E-state index contributed by atoms with van der Waals surface area (Å²) < 4.78 is 13.4. The quantitative estimate of drug-likeness (QED) is 0.650. The summed E-state index contributed by atoms with van der Waals surface area (Å²) in [6, 6.07) is 4.17. The third kappa shape index (κ3) is 3.01. The molecule has 88 valence electrons. The van der Waals surface area contributed by atoms with Gasteiger partial charge in [0.05, 0.1) is 18.4 Å². The molecule has 5 heteroatoms. The van der Waals surface area contributed by atoms with E-state index in [0.717, 1.165) is 0 Å². The Balaban J connectivity index is 2.88. The van der Waals surface area contributed by atoms with E-state index in [1.807, 2.05) is 0 Å². The van der Waals surface area contributed by atoms with Crippen molar-refractivity contribution in [1.29, 1.82) is 0 Å². The van der Waals surface area contributed by atoms with E-state index in [-0.39, 0.29) is 23.6 Å². The molecule has 1 atom stereocenters. The van der Waals surface area contributed by atoms with Gasteiger partial charge in [0.2, 0.25) is 0 Å². The highest BCUT2D eigenvalue weighted by Gasteiger charge is 2.12. The Morgan fingerprint density at radius 1 is 1.56 bits per heavy atom. The number of halogens is 1. The summed E-state index contributed by atoms with van der Waals surface area (Å²) in [5.41, 5.74) is 0.285. The normalized spacial score (nSPS) is 12.2. The number of carbonyl (C=O) groups is 1. The van der Waals surface area contributed by atoms with E-state index in [9.17, 15) is 9.18 Å². The summed E-state index contributed by atoms with van der Waals surface area (Å²) in [7, 11) is 0. The van der Waals surface area contributed by atoms with Crippen molar-refractivity contribution < 1.29 is 19.4 Å². The van der Waals surface area contributed by atoms with Crippen molar-refractivity contribution in [2.24, 2.45) is 0 Å². The molecule has 3 N–H and O–H groups in total. The first-order valence-electron chi connectivity index (χ1n) is 4.88. The zero-order valence-electron chi connectivity index (χ0n) is 8.90. The van der Waals surface area contributed by atoms with Gasteiger partial charge in [-0.25, -0.2) is 4.39 Å². The predicted octanol–water partition coefficient (Wildman–Crippen LogP) is 0.793. The fourth-order valence-corrected chi connectivity index (χ4v) is 1.28. The maximum atomic E-state index is 13.4. The highest BCUT2D eigenvalue weighted by Crippen LogP contribution is 2.20. The number of hydrogen-bond donors (Lipinski definition) is 3. The number of aliphatic hydroxyl groups is 2. The minimum Gasteiger partial charge on any atom is -0.394 e. The molecule has 1 aromatic rings. The van der Waals surface area contributed by atoms with E-state index in [1.54, 1.807) is 0 Å². The van der Waals surface area contributed by atoms with Crippen LogP contribution in [0.3, 0.4) is 0 Å². The molecule has 0 aliphatic rings. The molecule has 0 bridgehead atoms. The Labute approximate surface area is 92.7 Å². The van der Waals surface area contributed by atoms with E-state index in [2.05, 4.69) is 5.32 Å². The third-order valence-corrected chi connectivity index (χ3v) is 2.12. The lowest BCUT2D eigenvalue weighted by Gasteiger charge is -2.13. The van der Waals surface area contributed by atoms with Crippen molar-refractivity contribution in [2.75, 3.05) is 18.5 Å². The molecular weight excluding hydrogens is 213 g/mol. The summed E-state index contributed by atoms with van der Waals surface area (Å²) in [5, 5.41) is 20.3. The van der Waals surface area contributed by atoms with Crippen molar-refractivity contribution in [3.8, 4) is 0 Å². The average Bonchev–Trinajstić information content (AvgIpc) is 2.26. The molecule has 16 heavy (non-hydrogen) atoms. The zero-order valence-corrected chi connectivity index (χ0v) is 8.90. The van der Waals surface area contributed by atoms with Crippen LogP contribution in [0.25, 0.3) is 0 Å². The molecule has 0 amide bonds. The van der Waals surface area contributed by atoms with Gasteiger partial charge in [0.25, 0.3) is 0 Å². The number of hydrogen-bond acceptors (Lipinski definition) is 4. The second-order valence-corrected chi connectivity index (χ2v) is 3.44. The summed E-state index contributed by atoms with van der Waals surface area (Å²) in [6.07, 6.45) is -0.987. The predicted molar refractivity (Wildman–Crippen MR) is 58.0 cm³/mol. The molecule has 1 rings (SSSR count). The van der Waals surface area contributed by atoms with Gasteiger partial charge < -0.3 is 15.5 Å². The largest absolute Gasteiger partial charge is 0.394 e. The van der Waals surface area contributed by atoms with Crippen LogP contribution in [0.5, 0.6) is 0 Å². The number of ketones is 1. The third-order valence-electron chi connectivity index (χ3n) is 2.12. The van der Waals surface area contributed by atoms with Crippen LogP contribution in [0.2, 0.25) is 0 Å². The van der Waals surface area contributed by atoms with E-state index in [1.165, 1.54) is 25.1 Å². The minimum atomic E-state index is -0.987. The van der Waals surface area contributed by atoms with Crippen LogP contribution in [0.15, 0.2) is 18.2 Å². The number of aliphatic hydroxyl groups excluding tert-OH is 2. The van der Waals surface area contributed by atoms with E-state index >= 15 is 0 Å². The lowest BCUT2D eigenvalue weighted by Crippen LogP contribution is -2.24. The zero-order chi connectivity index (χ0) is 12.1. The Morgan fingerprint density at radius 3 is 2.81 bits per heavy atom. The number of rotatable bonds is 5. The summed E-state index contributed by atoms with van der Waals surface area (Å²) in [6.45, 7) is 0.900. The Kier molecular flexibility index (Phi) is 4.39. The van der Waals surface area contributed by atoms with Crippen LogP contribution in [0.4, 0.5) is 10.1 Å². The lowest BCUT2D eigenvalue weighted by molar-refractivity contribution is 0.101. The van der Waals surface area contributed by atoms with Gasteiger partial charge in [-0.15, -0.1) is 0 Å². The first kappa shape index (κ1) is 12.6. The molecule has 0 fully saturated rings. The standard InChI is InChI=1S/C11H14FNO3/c1-7(15)9-3-2-4-10(12)11(9)13-5-8(16)6-14/h2-4,8,13-14,16H,5-6H2,1H3. The maximum absolute atomic E-state index is 13.4. The van der Waals surface area contributed by atoms with Gasteiger partial charge in [-0.05, 0) is 19.1 Å². The second kappa shape index (κ2) is 5.58. The highest BCUT2D eigenvalue weighted by atomic mass is 19.1. The smallest absolute Gasteiger partial charge is 0.161 e. The maximum Gasteiger partial charge on any atom is 0.161 e. The number of anilines is 1. The van der Waals surface area contributed by atoms with Crippen LogP contribution in [0.1, 0.15) is 17.3 Å². The number of carbonyl (C=O) groups excluding carboxylic acids is 1. The second-order valence-electron chi connectivity index (χ2n) is 3.44. The van der Waals surface area contributed by atoms with Crippen molar-refractivity contribution in [3.05, 3.63) is 29.6 Å². The molecule has 0 saturated heterocycles. The van der Waals surface area contributed by atoms with Gasteiger partial charge in [0.1, 0.15) is 5.82 Å². The summed E-state index contributed by atoms with van der Waals surface area (Å²) in [4.78, 5) is 11.2. The SMILES string of the molecule is CC(=O)c1cccc(F)c1NCC(O)CO. The van der Waals surface area contributed by atoms with Gasteiger partial charge >= 0.3 is 0 Å². The molecule has 0 aliphatic heterocycles. The highest BCUT2D eigenvalue weighted by molar-refractivity contribution is 5.99. The molecule has 0 saturated carbocycles. The van der Waals surface area contributed by atoms with Gasteiger partial charge in [-0.3, -0.25) is 4.79 Å². The molecule has 0 heterocycles. The van der Waals surface area contributed by atoms with E-state index < -0.39 is 18.5 Å². The van der Waals surface area contributed by atoms with Crippen molar-refractivity contribution >= 4 is 11.5 Å². The molecule has 1 unspecified atom stereocenters. The molecule has 1 aromatic carbocycles. The van der Waals surface area contributed by atoms with Gasteiger partial charge in [0, 0.05) is 12.1 Å². The van der Waals surface area contributed by atoms with Crippen LogP contribution in [-0.4, -0.2) is 35.3 Å². The molecule has 0 radical (unpaired) electrons. The van der Waals surface area contributed by atoms with Crippen molar-refractivity contribution in [1.82, 2.24) is 0 Å². The number of benzene rings is 1.